The second-order valence-corrected chi connectivity index (χ2v) is 7.15. The topological polar surface area (TPSA) is 68.8 Å². The molecule has 0 bridgehead atoms. The van der Waals surface area contributed by atoms with Gasteiger partial charge in [-0.2, -0.15) is 0 Å². The Kier molecular flexibility index (Phi) is 13.0. The SMILES string of the molecule is CC(C)NCCOCCOCCOC(C)(C)C(F)CNC(=O)C(C)C. The molecule has 0 aromatic rings. The quantitative estimate of drug-likeness (QED) is 0.435. The summed E-state index contributed by atoms with van der Waals surface area (Å²) in [5.41, 5.74) is -0.980. The molecule has 0 aromatic heterocycles. The summed E-state index contributed by atoms with van der Waals surface area (Å²) in [4.78, 5) is 11.5. The van der Waals surface area contributed by atoms with Crippen LogP contribution in [-0.4, -0.2) is 69.8 Å². The minimum absolute atomic E-state index is 0.0525. The Bertz CT molecular complexity index is 352. The molecule has 0 saturated heterocycles. The highest BCUT2D eigenvalue weighted by Gasteiger charge is 2.30. The Morgan fingerprint density at radius 1 is 1.00 bits per heavy atom. The van der Waals surface area contributed by atoms with E-state index in [4.69, 9.17) is 14.2 Å². The van der Waals surface area contributed by atoms with Gasteiger partial charge in [0.2, 0.25) is 5.91 Å². The molecule has 0 aliphatic heterocycles. The van der Waals surface area contributed by atoms with Crippen molar-refractivity contribution in [1.29, 1.82) is 0 Å². The average molecular weight is 365 g/mol. The monoisotopic (exact) mass is 364 g/mol. The number of nitrogens with one attached hydrogen (secondary N) is 2. The molecule has 0 saturated carbocycles. The highest BCUT2D eigenvalue weighted by molar-refractivity contribution is 5.77. The van der Waals surface area contributed by atoms with E-state index in [0.29, 0.717) is 39.1 Å². The molecule has 0 aliphatic rings. The molecule has 1 amide bonds. The van der Waals surface area contributed by atoms with E-state index in [1.807, 2.05) is 0 Å². The lowest BCUT2D eigenvalue weighted by Crippen LogP contribution is -2.45. The minimum atomic E-state index is -1.29. The van der Waals surface area contributed by atoms with Crippen LogP contribution >= 0.6 is 0 Å². The zero-order valence-corrected chi connectivity index (χ0v) is 16.7. The lowest BCUT2D eigenvalue weighted by atomic mass is 10.0. The first kappa shape index (κ1) is 24.2. The smallest absolute Gasteiger partial charge is 0.222 e. The fraction of sp³-hybridized carbons (Fsp3) is 0.944. The van der Waals surface area contributed by atoms with Crippen molar-refractivity contribution in [1.82, 2.24) is 10.6 Å². The summed E-state index contributed by atoms with van der Waals surface area (Å²) in [6, 6.07) is 0.457. The van der Waals surface area contributed by atoms with Crippen LogP contribution in [0.2, 0.25) is 0 Å². The lowest BCUT2D eigenvalue weighted by molar-refractivity contribution is -0.125. The van der Waals surface area contributed by atoms with Gasteiger partial charge in [0.25, 0.3) is 0 Å². The van der Waals surface area contributed by atoms with Crippen LogP contribution < -0.4 is 10.6 Å². The summed E-state index contributed by atoms with van der Waals surface area (Å²) in [6.45, 7) is 14.1. The van der Waals surface area contributed by atoms with Crippen LogP contribution in [0.15, 0.2) is 0 Å². The summed E-state index contributed by atoms with van der Waals surface area (Å²) in [7, 11) is 0. The second-order valence-electron chi connectivity index (χ2n) is 7.15. The molecule has 0 rings (SSSR count). The van der Waals surface area contributed by atoms with Gasteiger partial charge in [-0.3, -0.25) is 4.79 Å². The van der Waals surface area contributed by atoms with E-state index >= 15 is 0 Å². The van der Waals surface area contributed by atoms with Crippen molar-refractivity contribution >= 4 is 5.91 Å². The maximum absolute atomic E-state index is 14.2. The number of halogens is 1. The number of ether oxygens (including phenoxy) is 3. The summed E-state index contributed by atoms with van der Waals surface area (Å²) >= 11 is 0. The molecule has 1 atom stereocenters. The first-order valence-corrected chi connectivity index (χ1v) is 9.11. The van der Waals surface area contributed by atoms with Gasteiger partial charge >= 0.3 is 0 Å². The molecule has 0 fully saturated rings. The Balaban J connectivity index is 3.66. The van der Waals surface area contributed by atoms with Crippen LogP contribution in [0.3, 0.4) is 0 Å². The molecule has 2 N–H and O–H groups in total. The molecule has 0 aromatic carbocycles. The van der Waals surface area contributed by atoms with Crippen LogP contribution in [0.4, 0.5) is 4.39 Å². The third-order valence-electron chi connectivity index (χ3n) is 3.61. The number of hydrogen-bond acceptors (Lipinski definition) is 5. The van der Waals surface area contributed by atoms with E-state index in [2.05, 4.69) is 24.5 Å². The Morgan fingerprint density at radius 3 is 2.12 bits per heavy atom. The number of carbonyl (C=O) groups excluding carboxylic acids is 1. The van der Waals surface area contributed by atoms with Gasteiger partial charge in [-0.1, -0.05) is 27.7 Å². The number of alkyl halides is 1. The van der Waals surface area contributed by atoms with Crippen molar-refractivity contribution in [2.24, 2.45) is 5.92 Å². The van der Waals surface area contributed by atoms with Crippen molar-refractivity contribution in [3.05, 3.63) is 0 Å². The van der Waals surface area contributed by atoms with Gasteiger partial charge in [0.05, 0.1) is 45.2 Å². The van der Waals surface area contributed by atoms with Crippen LogP contribution in [0.25, 0.3) is 0 Å². The highest BCUT2D eigenvalue weighted by Crippen LogP contribution is 2.17. The Hall–Kier alpha value is -0.760. The fourth-order valence-corrected chi connectivity index (χ4v) is 1.84. The molecular formula is C18H37FN2O4. The van der Waals surface area contributed by atoms with Crippen LogP contribution in [0.1, 0.15) is 41.5 Å². The maximum Gasteiger partial charge on any atom is 0.222 e. The lowest BCUT2D eigenvalue weighted by Gasteiger charge is -2.29. The van der Waals surface area contributed by atoms with Gasteiger partial charge in [0, 0.05) is 18.5 Å². The van der Waals surface area contributed by atoms with E-state index in [-0.39, 0.29) is 18.4 Å². The van der Waals surface area contributed by atoms with Gasteiger partial charge in [0.1, 0.15) is 6.17 Å². The maximum atomic E-state index is 14.2. The van der Waals surface area contributed by atoms with Crippen LogP contribution in [-0.2, 0) is 19.0 Å². The average Bonchev–Trinajstić information content (AvgIpc) is 2.53. The van der Waals surface area contributed by atoms with E-state index < -0.39 is 11.8 Å². The van der Waals surface area contributed by atoms with Gasteiger partial charge in [-0.15, -0.1) is 0 Å². The molecule has 7 heteroatoms. The predicted octanol–water partition coefficient (Wildman–Crippen LogP) is 1.92. The second kappa shape index (κ2) is 13.4. The summed E-state index contributed by atoms with van der Waals surface area (Å²) < 4.78 is 30.6. The molecular weight excluding hydrogens is 327 g/mol. The van der Waals surface area contributed by atoms with Crippen molar-refractivity contribution in [3.8, 4) is 0 Å². The van der Waals surface area contributed by atoms with Gasteiger partial charge in [0.15, 0.2) is 0 Å². The highest BCUT2D eigenvalue weighted by atomic mass is 19.1. The van der Waals surface area contributed by atoms with Gasteiger partial charge in [-0.25, -0.2) is 4.39 Å². The van der Waals surface area contributed by atoms with Crippen LogP contribution in [0, 0.1) is 5.92 Å². The molecule has 25 heavy (non-hydrogen) atoms. The third-order valence-corrected chi connectivity index (χ3v) is 3.61. The Morgan fingerprint density at radius 2 is 1.56 bits per heavy atom. The Labute approximate surface area is 152 Å². The molecule has 0 radical (unpaired) electrons. The molecule has 0 aliphatic carbocycles. The van der Waals surface area contributed by atoms with E-state index in [1.165, 1.54) is 0 Å². The van der Waals surface area contributed by atoms with Gasteiger partial charge < -0.3 is 24.8 Å². The molecule has 6 nitrogen and oxygen atoms in total. The number of carbonyl (C=O) groups is 1. The van der Waals surface area contributed by atoms with Crippen molar-refractivity contribution < 1.29 is 23.4 Å². The number of rotatable bonds is 15. The van der Waals surface area contributed by atoms with E-state index in [9.17, 15) is 9.18 Å². The first-order chi connectivity index (χ1) is 11.7. The minimum Gasteiger partial charge on any atom is -0.378 e. The largest absolute Gasteiger partial charge is 0.378 e. The molecule has 1 unspecified atom stereocenters. The number of hydrogen-bond donors (Lipinski definition) is 2. The first-order valence-electron chi connectivity index (χ1n) is 9.11. The zero-order chi connectivity index (χ0) is 19.3. The van der Waals surface area contributed by atoms with E-state index in [1.54, 1.807) is 27.7 Å². The van der Waals surface area contributed by atoms with Gasteiger partial charge in [-0.05, 0) is 13.8 Å². The van der Waals surface area contributed by atoms with Crippen molar-refractivity contribution in [3.63, 3.8) is 0 Å². The van der Waals surface area contributed by atoms with Crippen molar-refractivity contribution in [2.45, 2.75) is 59.4 Å². The predicted molar refractivity (Wildman–Crippen MR) is 97.6 cm³/mol. The molecule has 150 valence electrons. The summed E-state index contributed by atoms with van der Waals surface area (Å²) in [5.74, 6) is -0.321. The third kappa shape index (κ3) is 13.1. The normalized spacial score (nSPS) is 13.5. The fourth-order valence-electron chi connectivity index (χ4n) is 1.84. The van der Waals surface area contributed by atoms with Crippen LogP contribution in [0.5, 0.6) is 0 Å². The summed E-state index contributed by atoms with van der Waals surface area (Å²) in [5, 5.41) is 5.84. The van der Waals surface area contributed by atoms with Crippen molar-refractivity contribution in [2.75, 3.05) is 46.1 Å². The standard InChI is InChI=1S/C18H37FN2O4/c1-14(2)17(22)21-13-16(19)18(5,6)25-12-11-24-10-9-23-8-7-20-15(3)4/h14-16,20H,7-13H2,1-6H3,(H,21,22). The molecule has 0 spiro atoms. The number of amides is 1. The molecule has 0 heterocycles. The van der Waals surface area contributed by atoms with E-state index in [0.717, 1.165) is 6.54 Å². The summed E-state index contributed by atoms with van der Waals surface area (Å²) in [6.07, 6.45) is -1.29. The zero-order valence-electron chi connectivity index (χ0n) is 16.7.